The molecular formula is C18H18F3N7OS. The van der Waals surface area contributed by atoms with Gasteiger partial charge in [-0.1, -0.05) is 11.8 Å². The molecule has 1 N–H and O–H groups in total. The summed E-state index contributed by atoms with van der Waals surface area (Å²) in [5.41, 5.74) is 2.03. The van der Waals surface area contributed by atoms with Crippen molar-refractivity contribution in [2.45, 2.75) is 37.0 Å². The monoisotopic (exact) mass is 437 g/mol. The van der Waals surface area contributed by atoms with Crippen molar-refractivity contribution in [1.82, 2.24) is 35.5 Å². The molecule has 12 heteroatoms. The first kappa shape index (κ1) is 20.7. The molecule has 4 rings (SSSR count). The maximum absolute atomic E-state index is 12.9. The Kier molecular flexibility index (Phi) is 5.69. The minimum absolute atomic E-state index is 0.0983. The number of alkyl halides is 3. The summed E-state index contributed by atoms with van der Waals surface area (Å²) in [5.74, 6) is -1.03. The Morgan fingerprint density at radius 3 is 2.53 bits per heavy atom. The number of nitrogens with one attached hydrogen (secondary N) is 1. The second-order valence-corrected chi connectivity index (χ2v) is 7.53. The summed E-state index contributed by atoms with van der Waals surface area (Å²) in [6.07, 6.45) is 0.0489. The quantitative estimate of drug-likeness (QED) is 0.485. The van der Waals surface area contributed by atoms with Crippen molar-refractivity contribution in [3.63, 3.8) is 0 Å². The minimum atomic E-state index is -4.67. The molecule has 1 aliphatic heterocycles. The first-order chi connectivity index (χ1) is 14.4. The number of rotatable bonds is 4. The fourth-order valence-electron chi connectivity index (χ4n) is 3.36. The van der Waals surface area contributed by atoms with Crippen LogP contribution >= 0.6 is 11.8 Å². The van der Waals surface area contributed by atoms with Crippen LogP contribution in [-0.2, 0) is 6.18 Å². The Balaban J connectivity index is 1.76. The molecule has 30 heavy (non-hydrogen) atoms. The normalized spacial score (nSPS) is 15.5. The smallest absolute Gasteiger partial charge is 0.414 e. The van der Waals surface area contributed by atoms with E-state index in [0.29, 0.717) is 16.4 Å². The summed E-state index contributed by atoms with van der Waals surface area (Å²) < 4.78 is 44.5. The van der Waals surface area contributed by atoms with E-state index in [1.54, 1.807) is 0 Å². The number of aromatic nitrogens is 6. The SMILES string of the molecule is CSc1nc(C)c(-c2nnc(-c3ccnc(C(F)(F)F)n3)o2)c(C2CCNCC2)n1. The molecule has 0 saturated carbocycles. The van der Waals surface area contributed by atoms with Crippen LogP contribution in [0.2, 0.25) is 0 Å². The third-order valence-electron chi connectivity index (χ3n) is 4.77. The second kappa shape index (κ2) is 8.26. The van der Waals surface area contributed by atoms with E-state index in [9.17, 15) is 13.2 Å². The van der Waals surface area contributed by atoms with Crippen molar-refractivity contribution >= 4 is 11.8 Å². The number of hydrogen-bond acceptors (Lipinski definition) is 9. The summed E-state index contributed by atoms with van der Waals surface area (Å²) in [5, 5.41) is 11.9. The molecule has 4 heterocycles. The van der Waals surface area contributed by atoms with Gasteiger partial charge in [-0.25, -0.2) is 19.9 Å². The van der Waals surface area contributed by atoms with E-state index >= 15 is 0 Å². The van der Waals surface area contributed by atoms with Gasteiger partial charge < -0.3 is 9.73 Å². The van der Waals surface area contributed by atoms with Gasteiger partial charge in [0.2, 0.25) is 5.82 Å². The average Bonchev–Trinajstić information content (AvgIpc) is 3.23. The van der Waals surface area contributed by atoms with Crippen LogP contribution in [0, 0.1) is 6.92 Å². The largest absolute Gasteiger partial charge is 0.451 e. The fourth-order valence-corrected chi connectivity index (χ4v) is 3.78. The van der Waals surface area contributed by atoms with Gasteiger partial charge in [-0.15, -0.1) is 10.2 Å². The number of hydrogen-bond donors (Lipinski definition) is 1. The van der Waals surface area contributed by atoms with Crippen molar-refractivity contribution < 1.29 is 17.6 Å². The fraction of sp³-hybridized carbons (Fsp3) is 0.444. The van der Waals surface area contributed by atoms with E-state index in [0.717, 1.165) is 37.8 Å². The number of halogens is 3. The van der Waals surface area contributed by atoms with Crippen molar-refractivity contribution in [2.24, 2.45) is 0 Å². The van der Waals surface area contributed by atoms with E-state index in [2.05, 4.69) is 30.5 Å². The molecular weight excluding hydrogens is 419 g/mol. The number of thioether (sulfide) groups is 1. The van der Waals surface area contributed by atoms with Gasteiger partial charge in [-0.2, -0.15) is 13.2 Å². The predicted octanol–water partition coefficient (Wildman–Crippen LogP) is 3.50. The van der Waals surface area contributed by atoms with Crippen LogP contribution in [0.5, 0.6) is 0 Å². The van der Waals surface area contributed by atoms with Crippen LogP contribution in [0.4, 0.5) is 13.2 Å². The molecule has 3 aromatic heterocycles. The number of piperidine rings is 1. The van der Waals surface area contributed by atoms with Gasteiger partial charge in [0.1, 0.15) is 5.69 Å². The summed E-state index contributed by atoms with van der Waals surface area (Å²) >= 11 is 1.44. The topological polar surface area (TPSA) is 103 Å². The van der Waals surface area contributed by atoms with Crippen molar-refractivity contribution in [3.8, 4) is 23.0 Å². The highest BCUT2D eigenvalue weighted by Gasteiger charge is 2.35. The third kappa shape index (κ3) is 4.15. The molecule has 0 radical (unpaired) electrons. The molecule has 158 valence electrons. The summed E-state index contributed by atoms with van der Waals surface area (Å²) in [6, 6.07) is 1.29. The lowest BCUT2D eigenvalue weighted by Gasteiger charge is -2.24. The third-order valence-corrected chi connectivity index (χ3v) is 5.32. The summed E-state index contributed by atoms with van der Waals surface area (Å²) in [7, 11) is 0. The van der Waals surface area contributed by atoms with Crippen molar-refractivity contribution in [2.75, 3.05) is 19.3 Å². The summed E-state index contributed by atoms with van der Waals surface area (Å²) in [4.78, 5) is 16.0. The molecule has 0 aromatic carbocycles. The lowest BCUT2D eigenvalue weighted by molar-refractivity contribution is -0.144. The first-order valence-electron chi connectivity index (χ1n) is 9.24. The standard InChI is InChI=1S/C18H18F3N7OS/c1-9-12(13(26-17(24-9)30-2)10-3-6-22-7-4-10)15-28-27-14(29-15)11-5-8-23-16(25-11)18(19,20)21/h5,8,10,22H,3-4,6-7H2,1-2H3. The first-order valence-corrected chi connectivity index (χ1v) is 10.5. The summed E-state index contributed by atoms with van der Waals surface area (Å²) in [6.45, 7) is 3.58. The van der Waals surface area contributed by atoms with Crippen LogP contribution < -0.4 is 5.32 Å². The molecule has 1 fully saturated rings. The Hall–Kier alpha value is -2.60. The zero-order chi connectivity index (χ0) is 21.3. The number of nitrogens with zero attached hydrogens (tertiary/aromatic N) is 6. The molecule has 3 aromatic rings. The Morgan fingerprint density at radius 2 is 1.83 bits per heavy atom. The Labute approximate surface area is 174 Å². The van der Waals surface area contributed by atoms with E-state index in [-0.39, 0.29) is 23.4 Å². The second-order valence-electron chi connectivity index (χ2n) is 6.76. The van der Waals surface area contributed by atoms with Crippen LogP contribution in [0.25, 0.3) is 23.0 Å². The van der Waals surface area contributed by atoms with Crippen LogP contribution in [0.3, 0.4) is 0 Å². The maximum atomic E-state index is 12.9. The number of aryl methyl sites for hydroxylation is 1. The Bertz CT molecular complexity index is 1050. The zero-order valence-corrected chi connectivity index (χ0v) is 17.0. The van der Waals surface area contributed by atoms with Gasteiger partial charge >= 0.3 is 6.18 Å². The van der Waals surface area contributed by atoms with E-state index in [4.69, 9.17) is 9.40 Å². The molecule has 0 bridgehead atoms. The average molecular weight is 437 g/mol. The van der Waals surface area contributed by atoms with E-state index in [1.807, 2.05) is 13.2 Å². The molecule has 1 saturated heterocycles. The van der Waals surface area contributed by atoms with E-state index < -0.39 is 12.0 Å². The highest BCUT2D eigenvalue weighted by atomic mass is 32.2. The van der Waals surface area contributed by atoms with Gasteiger partial charge in [-0.05, 0) is 45.2 Å². The van der Waals surface area contributed by atoms with Crippen LogP contribution in [0.1, 0.15) is 36.0 Å². The van der Waals surface area contributed by atoms with Gasteiger partial charge in [0, 0.05) is 12.1 Å². The maximum Gasteiger partial charge on any atom is 0.451 e. The lowest BCUT2D eigenvalue weighted by Crippen LogP contribution is -2.27. The van der Waals surface area contributed by atoms with Crippen LogP contribution in [-0.4, -0.2) is 49.5 Å². The van der Waals surface area contributed by atoms with Gasteiger partial charge in [0.25, 0.3) is 11.8 Å². The molecule has 8 nitrogen and oxygen atoms in total. The van der Waals surface area contributed by atoms with Gasteiger partial charge in [-0.3, -0.25) is 0 Å². The van der Waals surface area contributed by atoms with Crippen molar-refractivity contribution in [3.05, 3.63) is 29.5 Å². The highest BCUT2D eigenvalue weighted by Crippen LogP contribution is 2.36. The molecule has 0 unspecified atom stereocenters. The highest BCUT2D eigenvalue weighted by molar-refractivity contribution is 7.98. The molecule has 0 aliphatic carbocycles. The van der Waals surface area contributed by atoms with Crippen molar-refractivity contribution in [1.29, 1.82) is 0 Å². The predicted molar refractivity (Wildman–Crippen MR) is 103 cm³/mol. The lowest BCUT2D eigenvalue weighted by atomic mass is 9.91. The van der Waals surface area contributed by atoms with Gasteiger partial charge in [0.15, 0.2) is 5.16 Å². The minimum Gasteiger partial charge on any atom is -0.414 e. The van der Waals surface area contributed by atoms with Crippen LogP contribution in [0.15, 0.2) is 21.8 Å². The zero-order valence-electron chi connectivity index (χ0n) is 16.2. The molecule has 0 atom stereocenters. The molecule has 1 aliphatic rings. The molecule has 0 spiro atoms. The Morgan fingerprint density at radius 1 is 1.10 bits per heavy atom. The van der Waals surface area contributed by atoms with Gasteiger partial charge in [0.05, 0.1) is 17.0 Å². The van der Waals surface area contributed by atoms with E-state index in [1.165, 1.54) is 17.8 Å². The molecule has 0 amide bonds.